The van der Waals surface area contributed by atoms with Crippen molar-refractivity contribution < 1.29 is 14.0 Å². The van der Waals surface area contributed by atoms with E-state index in [0.29, 0.717) is 10.8 Å². The van der Waals surface area contributed by atoms with Crippen LogP contribution in [0.3, 0.4) is 0 Å². The average molecular weight is 349 g/mol. The zero-order chi connectivity index (χ0) is 17.7. The van der Waals surface area contributed by atoms with Gasteiger partial charge in [-0.05, 0) is 42.3 Å². The second-order valence-corrected chi connectivity index (χ2v) is 6.06. The minimum absolute atomic E-state index is 0.0135. The normalized spacial score (nSPS) is 13.2. The molecule has 2 aromatic rings. The van der Waals surface area contributed by atoms with E-state index in [-0.39, 0.29) is 17.6 Å². The van der Waals surface area contributed by atoms with Crippen molar-refractivity contribution in [2.75, 3.05) is 7.05 Å². The van der Waals surface area contributed by atoms with E-state index in [1.54, 1.807) is 31.3 Å². The van der Waals surface area contributed by atoms with E-state index < -0.39 is 11.9 Å². The van der Waals surface area contributed by atoms with Gasteiger partial charge in [0.05, 0.1) is 0 Å². The molecule has 6 heteroatoms. The highest BCUT2D eigenvalue weighted by atomic mass is 35.5. The smallest absolute Gasteiger partial charge is 0.287 e. The third kappa shape index (κ3) is 4.17. The van der Waals surface area contributed by atoms with Crippen molar-refractivity contribution >= 4 is 23.4 Å². The maximum Gasteiger partial charge on any atom is 0.287 e. The molecule has 2 rings (SSSR count). The fourth-order valence-electron chi connectivity index (χ4n) is 2.30. The Bertz CT molecular complexity index is 709. The third-order valence-electron chi connectivity index (χ3n) is 3.99. The minimum atomic E-state index is -0.600. The monoisotopic (exact) mass is 348 g/mol. The van der Waals surface area contributed by atoms with Crippen LogP contribution in [0, 0.1) is 5.92 Å². The molecule has 0 aliphatic carbocycles. The van der Waals surface area contributed by atoms with Gasteiger partial charge in [0.1, 0.15) is 11.8 Å². The van der Waals surface area contributed by atoms with Crippen LogP contribution in [-0.4, -0.2) is 24.9 Å². The highest BCUT2D eigenvalue weighted by molar-refractivity contribution is 6.30. The van der Waals surface area contributed by atoms with Crippen molar-refractivity contribution in [3.05, 3.63) is 47.2 Å². The van der Waals surface area contributed by atoms with Gasteiger partial charge in [0, 0.05) is 17.6 Å². The Morgan fingerprint density at radius 1 is 1.17 bits per heavy atom. The number of furan rings is 1. The van der Waals surface area contributed by atoms with Crippen LogP contribution in [-0.2, 0) is 4.79 Å². The summed E-state index contributed by atoms with van der Waals surface area (Å²) < 4.78 is 5.61. The van der Waals surface area contributed by atoms with E-state index in [4.69, 9.17) is 16.0 Å². The van der Waals surface area contributed by atoms with E-state index in [1.807, 2.05) is 26.0 Å². The molecule has 0 aliphatic rings. The van der Waals surface area contributed by atoms with Crippen molar-refractivity contribution in [1.82, 2.24) is 10.6 Å². The van der Waals surface area contributed by atoms with Crippen molar-refractivity contribution in [3.8, 4) is 11.3 Å². The maximum absolute atomic E-state index is 12.4. The van der Waals surface area contributed by atoms with Crippen LogP contribution < -0.4 is 10.6 Å². The van der Waals surface area contributed by atoms with Gasteiger partial charge in [0.15, 0.2) is 5.76 Å². The standard InChI is InChI=1S/C18H21ClN2O3/c1-4-11(2)16(18(23)20-3)21-17(22)15-10-9-14(24-15)12-5-7-13(19)8-6-12/h5-11,16H,4H2,1-3H3,(H,20,23)(H,21,22)/t11-,16+/m1/s1. The summed E-state index contributed by atoms with van der Waals surface area (Å²) >= 11 is 5.87. The number of likely N-dealkylation sites (N-methyl/N-ethyl adjacent to an activating group) is 1. The molecule has 1 aromatic heterocycles. The Morgan fingerprint density at radius 2 is 1.83 bits per heavy atom. The molecule has 24 heavy (non-hydrogen) atoms. The lowest BCUT2D eigenvalue weighted by atomic mass is 9.98. The van der Waals surface area contributed by atoms with E-state index >= 15 is 0 Å². The molecule has 5 nitrogen and oxygen atoms in total. The minimum Gasteiger partial charge on any atom is -0.451 e. The van der Waals surface area contributed by atoms with Gasteiger partial charge in [-0.3, -0.25) is 9.59 Å². The second kappa shape index (κ2) is 8.02. The number of halogens is 1. The molecule has 128 valence electrons. The predicted molar refractivity (Wildman–Crippen MR) is 93.9 cm³/mol. The van der Waals surface area contributed by atoms with Gasteiger partial charge in [-0.15, -0.1) is 0 Å². The molecular formula is C18H21ClN2O3. The molecule has 1 heterocycles. The highest BCUT2D eigenvalue weighted by Crippen LogP contribution is 2.24. The van der Waals surface area contributed by atoms with E-state index in [1.165, 1.54) is 0 Å². The molecule has 0 saturated heterocycles. The van der Waals surface area contributed by atoms with Crippen molar-refractivity contribution in [2.45, 2.75) is 26.3 Å². The molecule has 2 amide bonds. The first-order valence-corrected chi connectivity index (χ1v) is 8.22. The number of amides is 2. The number of hydrogen-bond acceptors (Lipinski definition) is 3. The Labute approximate surface area is 146 Å². The number of nitrogens with one attached hydrogen (secondary N) is 2. The molecule has 2 atom stereocenters. The van der Waals surface area contributed by atoms with Crippen molar-refractivity contribution in [1.29, 1.82) is 0 Å². The largest absolute Gasteiger partial charge is 0.451 e. The summed E-state index contributed by atoms with van der Waals surface area (Å²) in [5.41, 5.74) is 0.822. The quantitative estimate of drug-likeness (QED) is 0.839. The van der Waals surface area contributed by atoms with Crippen LogP contribution >= 0.6 is 11.6 Å². The maximum atomic E-state index is 12.4. The summed E-state index contributed by atoms with van der Waals surface area (Å²) in [6.45, 7) is 3.89. The zero-order valence-corrected chi connectivity index (χ0v) is 14.7. The highest BCUT2D eigenvalue weighted by Gasteiger charge is 2.26. The van der Waals surface area contributed by atoms with Crippen LogP contribution in [0.15, 0.2) is 40.8 Å². The van der Waals surface area contributed by atoms with Gasteiger partial charge < -0.3 is 15.1 Å². The van der Waals surface area contributed by atoms with Gasteiger partial charge >= 0.3 is 0 Å². The van der Waals surface area contributed by atoms with Gasteiger partial charge in [0.25, 0.3) is 5.91 Å². The van der Waals surface area contributed by atoms with Gasteiger partial charge in [-0.2, -0.15) is 0 Å². The molecule has 0 unspecified atom stereocenters. The molecule has 0 radical (unpaired) electrons. The van der Waals surface area contributed by atoms with Crippen LogP contribution in [0.5, 0.6) is 0 Å². The van der Waals surface area contributed by atoms with Gasteiger partial charge in [-0.1, -0.05) is 31.9 Å². The zero-order valence-electron chi connectivity index (χ0n) is 13.9. The van der Waals surface area contributed by atoms with Crippen molar-refractivity contribution in [3.63, 3.8) is 0 Å². The summed E-state index contributed by atoms with van der Waals surface area (Å²) in [4.78, 5) is 24.4. The number of hydrogen-bond donors (Lipinski definition) is 2. The molecule has 0 bridgehead atoms. The SMILES string of the molecule is CC[C@@H](C)[C@H](NC(=O)c1ccc(-c2ccc(Cl)cc2)o1)C(=O)NC. The molecule has 0 fully saturated rings. The van der Waals surface area contributed by atoms with Gasteiger partial charge in [0.2, 0.25) is 5.91 Å². The van der Waals surface area contributed by atoms with Crippen LogP contribution in [0.4, 0.5) is 0 Å². The van der Waals surface area contributed by atoms with E-state index in [2.05, 4.69) is 10.6 Å². The summed E-state index contributed by atoms with van der Waals surface area (Å²) in [7, 11) is 1.55. The first-order valence-electron chi connectivity index (χ1n) is 7.84. The van der Waals surface area contributed by atoms with Crippen LogP contribution in [0.2, 0.25) is 5.02 Å². The lowest BCUT2D eigenvalue weighted by molar-refractivity contribution is -0.123. The lowest BCUT2D eigenvalue weighted by Gasteiger charge is -2.22. The molecule has 1 aromatic carbocycles. The second-order valence-electron chi connectivity index (χ2n) is 5.62. The van der Waals surface area contributed by atoms with Gasteiger partial charge in [-0.25, -0.2) is 0 Å². The summed E-state index contributed by atoms with van der Waals surface area (Å²) in [6, 6.07) is 9.85. The molecule has 2 N–H and O–H groups in total. The lowest BCUT2D eigenvalue weighted by Crippen LogP contribution is -2.49. The summed E-state index contributed by atoms with van der Waals surface area (Å²) in [5.74, 6) is 0.111. The molecule has 0 aliphatic heterocycles. The molecule has 0 spiro atoms. The number of benzene rings is 1. The van der Waals surface area contributed by atoms with Crippen molar-refractivity contribution in [2.24, 2.45) is 5.92 Å². The number of rotatable bonds is 6. The van der Waals surface area contributed by atoms with Crippen LogP contribution in [0.25, 0.3) is 11.3 Å². The fraction of sp³-hybridized carbons (Fsp3) is 0.333. The predicted octanol–water partition coefficient (Wildman–Crippen LogP) is 3.49. The van der Waals surface area contributed by atoms with Crippen LogP contribution in [0.1, 0.15) is 30.8 Å². The molecular weight excluding hydrogens is 328 g/mol. The Morgan fingerprint density at radius 3 is 2.42 bits per heavy atom. The molecule has 0 saturated carbocycles. The van der Waals surface area contributed by atoms with E-state index in [9.17, 15) is 9.59 Å². The first-order chi connectivity index (χ1) is 11.5. The van der Waals surface area contributed by atoms with E-state index in [0.717, 1.165) is 12.0 Å². The Hall–Kier alpha value is -2.27. The third-order valence-corrected chi connectivity index (χ3v) is 4.24. The fourth-order valence-corrected chi connectivity index (χ4v) is 2.42. The summed E-state index contributed by atoms with van der Waals surface area (Å²) in [5, 5.41) is 5.95. The topological polar surface area (TPSA) is 71.3 Å². The Balaban J connectivity index is 2.15. The average Bonchev–Trinajstić information content (AvgIpc) is 3.09. The Kier molecular flexibility index (Phi) is 6.04. The number of carbonyl (C=O) groups is 2. The summed E-state index contributed by atoms with van der Waals surface area (Å²) in [6.07, 6.45) is 0.770. The number of carbonyl (C=O) groups excluding carboxylic acids is 2. The first kappa shape index (κ1) is 18.1.